The third-order valence-electron chi connectivity index (χ3n) is 4.84. The largest absolute Gasteiger partial charge is 0.468 e. The number of pyridine rings is 1. The minimum atomic E-state index is -0.0319. The fraction of sp³-hybridized carbons (Fsp3) is 0.368. The molecule has 5 heteroatoms. The summed E-state index contributed by atoms with van der Waals surface area (Å²) in [6.07, 6.45) is 5.71. The van der Waals surface area contributed by atoms with Gasteiger partial charge in [0, 0.05) is 18.8 Å². The molecule has 1 saturated heterocycles. The van der Waals surface area contributed by atoms with Crippen molar-refractivity contribution >= 4 is 5.65 Å². The number of hydrogen-bond donors (Lipinski definition) is 0. The van der Waals surface area contributed by atoms with Crippen molar-refractivity contribution in [2.45, 2.75) is 32.4 Å². The molecule has 1 aliphatic rings. The molecule has 0 aromatic carbocycles. The van der Waals surface area contributed by atoms with E-state index in [1.807, 2.05) is 30.3 Å². The highest BCUT2D eigenvalue weighted by Crippen LogP contribution is 2.34. The van der Waals surface area contributed by atoms with Gasteiger partial charge in [0.1, 0.15) is 11.4 Å². The van der Waals surface area contributed by atoms with Crippen LogP contribution in [-0.2, 0) is 6.54 Å². The maximum atomic E-state index is 12.3. The molecular formula is C19H21N3O2. The minimum Gasteiger partial charge on any atom is -0.468 e. The molecule has 0 bridgehead atoms. The molecule has 0 N–H and O–H groups in total. The van der Waals surface area contributed by atoms with E-state index in [0.717, 1.165) is 30.8 Å². The van der Waals surface area contributed by atoms with Crippen LogP contribution in [0, 0.1) is 5.92 Å². The van der Waals surface area contributed by atoms with Crippen LogP contribution >= 0.6 is 0 Å². The average Bonchev–Trinajstić information content (AvgIpc) is 3.11. The van der Waals surface area contributed by atoms with Gasteiger partial charge in [0.2, 0.25) is 0 Å². The van der Waals surface area contributed by atoms with E-state index in [-0.39, 0.29) is 11.6 Å². The second kappa shape index (κ2) is 6.24. The Kier molecular flexibility index (Phi) is 3.94. The highest BCUT2D eigenvalue weighted by molar-refractivity contribution is 5.38. The van der Waals surface area contributed by atoms with Gasteiger partial charge in [0.05, 0.1) is 18.0 Å². The maximum absolute atomic E-state index is 12.3. The molecule has 2 atom stereocenters. The molecule has 0 aliphatic carbocycles. The fourth-order valence-corrected chi connectivity index (χ4v) is 3.55. The summed E-state index contributed by atoms with van der Waals surface area (Å²) in [7, 11) is 0. The highest BCUT2D eigenvalue weighted by Gasteiger charge is 2.29. The topological polar surface area (TPSA) is 50.8 Å². The molecule has 0 radical (unpaired) electrons. The predicted octanol–water partition coefficient (Wildman–Crippen LogP) is 3.26. The van der Waals surface area contributed by atoms with Crippen LogP contribution in [0.3, 0.4) is 0 Å². The zero-order valence-corrected chi connectivity index (χ0v) is 13.8. The average molecular weight is 323 g/mol. The molecule has 4 heterocycles. The van der Waals surface area contributed by atoms with Crippen LogP contribution < -0.4 is 5.56 Å². The highest BCUT2D eigenvalue weighted by atomic mass is 16.3. The molecule has 0 amide bonds. The van der Waals surface area contributed by atoms with Crippen molar-refractivity contribution in [2.75, 3.05) is 6.54 Å². The lowest BCUT2D eigenvalue weighted by Gasteiger charge is -2.37. The van der Waals surface area contributed by atoms with E-state index in [9.17, 15) is 4.79 Å². The van der Waals surface area contributed by atoms with Crippen molar-refractivity contribution in [3.8, 4) is 0 Å². The van der Waals surface area contributed by atoms with E-state index in [2.05, 4.69) is 16.8 Å². The molecule has 1 aliphatic heterocycles. The number of nitrogens with zero attached hydrogens (tertiary/aromatic N) is 3. The van der Waals surface area contributed by atoms with Crippen LogP contribution in [0.1, 0.15) is 37.3 Å². The molecular weight excluding hydrogens is 302 g/mol. The summed E-state index contributed by atoms with van der Waals surface area (Å²) < 4.78 is 7.23. The normalized spacial score (nSPS) is 22.0. The minimum absolute atomic E-state index is 0.0319. The monoisotopic (exact) mass is 323 g/mol. The van der Waals surface area contributed by atoms with E-state index in [1.165, 1.54) is 0 Å². The van der Waals surface area contributed by atoms with Crippen molar-refractivity contribution in [3.63, 3.8) is 0 Å². The molecule has 2 unspecified atom stereocenters. The van der Waals surface area contributed by atoms with Crippen molar-refractivity contribution in [1.29, 1.82) is 0 Å². The zero-order valence-electron chi connectivity index (χ0n) is 13.8. The second-order valence-electron chi connectivity index (χ2n) is 6.65. The molecule has 1 fully saturated rings. The Morgan fingerprint density at radius 1 is 1.29 bits per heavy atom. The Bertz CT molecular complexity index is 885. The van der Waals surface area contributed by atoms with E-state index >= 15 is 0 Å². The Hall–Kier alpha value is -2.40. The Morgan fingerprint density at radius 2 is 2.21 bits per heavy atom. The number of furan rings is 1. The zero-order chi connectivity index (χ0) is 16.5. The standard InChI is InChI=1S/C19H21N3O2/c1-14-7-9-21(16(11-14)17-5-4-10-24-17)13-15-12-19(23)22-8-3-2-6-18(22)20-15/h2-6,8,10,12,14,16H,7,9,11,13H2,1H3. The number of fused-ring (bicyclic) bond motifs is 1. The molecule has 0 spiro atoms. The number of aromatic nitrogens is 2. The third kappa shape index (κ3) is 2.87. The molecule has 3 aromatic rings. The van der Waals surface area contributed by atoms with Gasteiger partial charge in [-0.15, -0.1) is 0 Å². The van der Waals surface area contributed by atoms with Crippen LogP contribution in [0.15, 0.2) is 58.1 Å². The van der Waals surface area contributed by atoms with Gasteiger partial charge in [-0.3, -0.25) is 14.1 Å². The maximum Gasteiger partial charge on any atom is 0.258 e. The molecule has 5 nitrogen and oxygen atoms in total. The van der Waals surface area contributed by atoms with Crippen LogP contribution in [-0.4, -0.2) is 20.8 Å². The van der Waals surface area contributed by atoms with Crippen molar-refractivity contribution in [3.05, 3.63) is 70.7 Å². The van der Waals surface area contributed by atoms with Crippen LogP contribution in [0.5, 0.6) is 0 Å². The fourth-order valence-electron chi connectivity index (χ4n) is 3.55. The summed E-state index contributed by atoms with van der Waals surface area (Å²) in [5.74, 6) is 1.67. The summed E-state index contributed by atoms with van der Waals surface area (Å²) in [5.41, 5.74) is 1.48. The van der Waals surface area contributed by atoms with E-state index in [0.29, 0.717) is 18.1 Å². The first-order valence-electron chi connectivity index (χ1n) is 8.45. The molecule has 4 rings (SSSR count). The van der Waals surface area contributed by atoms with Gasteiger partial charge in [-0.05, 0) is 49.6 Å². The van der Waals surface area contributed by atoms with Gasteiger partial charge in [-0.1, -0.05) is 13.0 Å². The van der Waals surface area contributed by atoms with Gasteiger partial charge in [-0.2, -0.15) is 0 Å². The lowest BCUT2D eigenvalue weighted by molar-refractivity contribution is 0.0932. The first-order valence-corrected chi connectivity index (χ1v) is 8.45. The first kappa shape index (κ1) is 15.1. The SMILES string of the molecule is CC1CCN(Cc2cc(=O)n3ccccc3n2)C(c2ccco2)C1. The molecule has 124 valence electrons. The predicted molar refractivity (Wildman–Crippen MR) is 91.7 cm³/mol. The quantitative estimate of drug-likeness (QED) is 0.742. The number of hydrogen-bond acceptors (Lipinski definition) is 4. The Labute approximate surface area is 140 Å². The van der Waals surface area contributed by atoms with Crippen LogP contribution in [0.2, 0.25) is 0 Å². The smallest absolute Gasteiger partial charge is 0.258 e. The van der Waals surface area contributed by atoms with Gasteiger partial charge in [0.15, 0.2) is 0 Å². The van der Waals surface area contributed by atoms with Crippen molar-refractivity contribution in [2.24, 2.45) is 5.92 Å². The van der Waals surface area contributed by atoms with Crippen molar-refractivity contribution in [1.82, 2.24) is 14.3 Å². The Morgan fingerprint density at radius 3 is 3.04 bits per heavy atom. The summed E-state index contributed by atoms with van der Waals surface area (Å²) in [5, 5.41) is 0. The van der Waals surface area contributed by atoms with Crippen molar-refractivity contribution < 1.29 is 4.42 Å². The van der Waals surface area contributed by atoms with Crippen LogP contribution in [0.4, 0.5) is 0 Å². The third-order valence-corrected chi connectivity index (χ3v) is 4.84. The van der Waals surface area contributed by atoms with Gasteiger partial charge in [0.25, 0.3) is 5.56 Å². The Balaban J connectivity index is 1.64. The van der Waals surface area contributed by atoms with E-state index < -0.39 is 0 Å². The van der Waals surface area contributed by atoms with E-state index in [1.54, 1.807) is 22.9 Å². The first-order chi connectivity index (χ1) is 11.7. The summed E-state index contributed by atoms with van der Waals surface area (Å²) in [4.78, 5) is 19.3. The number of piperidine rings is 1. The van der Waals surface area contributed by atoms with Gasteiger partial charge in [-0.25, -0.2) is 4.98 Å². The van der Waals surface area contributed by atoms with Gasteiger partial charge < -0.3 is 4.42 Å². The molecule has 0 saturated carbocycles. The lowest BCUT2D eigenvalue weighted by Crippen LogP contribution is -2.36. The molecule has 24 heavy (non-hydrogen) atoms. The van der Waals surface area contributed by atoms with Crippen LogP contribution in [0.25, 0.3) is 5.65 Å². The number of likely N-dealkylation sites (tertiary alicyclic amines) is 1. The van der Waals surface area contributed by atoms with Gasteiger partial charge >= 0.3 is 0 Å². The summed E-state index contributed by atoms with van der Waals surface area (Å²) in [6.45, 7) is 3.94. The summed E-state index contributed by atoms with van der Waals surface area (Å²) >= 11 is 0. The lowest BCUT2D eigenvalue weighted by atomic mass is 9.91. The second-order valence-corrected chi connectivity index (χ2v) is 6.65. The number of rotatable bonds is 3. The molecule has 3 aromatic heterocycles. The van der Waals surface area contributed by atoms with E-state index in [4.69, 9.17) is 4.42 Å². The summed E-state index contributed by atoms with van der Waals surface area (Å²) in [6, 6.07) is 11.5.